The van der Waals surface area contributed by atoms with Gasteiger partial charge in [0.25, 0.3) is 17.7 Å². The molecule has 1 aliphatic heterocycles. The number of rotatable bonds is 9. The van der Waals surface area contributed by atoms with E-state index in [-0.39, 0.29) is 17.9 Å². The molecular weight excluding hydrogens is 510 g/mol. The minimum absolute atomic E-state index is 0.206. The van der Waals surface area contributed by atoms with Crippen LogP contribution in [0, 0.1) is 0 Å². The van der Waals surface area contributed by atoms with Crippen molar-refractivity contribution in [3.63, 3.8) is 0 Å². The number of hydrogen-bond donors (Lipinski definition) is 2. The van der Waals surface area contributed by atoms with E-state index in [0.29, 0.717) is 33.9 Å². The van der Waals surface area contributed by atoms with Crippen LogP contribution in [0.3, 0.4) is 0 Å². The van der Waals surface area contributed by atoms with Gasteiger partial charge in [0.15, 0.2) is 18.1 Å². The zero-order chi connectivity index (χ0) is 24.8. The van der Waals surface area contributed by atoms with E-state index in [1.807, 2.05) is 6.92 Å². The molecule has 0 bridgehead atoms. The van der Waals surface area contributed by atoms with Gasteiger partial charge in [0.2, 0.25) is 0 Å². The number of carbonyl (C=O) groups is 4. The van der Waals surface area contributed by atoms with E-state index < -0.39 is 23.8 Å². The first-order valence-corrected chi connectivity index (χ1v) is 11.0. The number of nitrogens with two attached hydrogens (primary N) is 1. The van der Waals surface area contributed by atoms with Crippen molar-refractivity contribution >= 4 is 51.4 Å². The molecule has 1 heterocycles. The van der Waals surface area contributed by atoms with Crippen LogP contribution in [0.25, 0.3) is 6.08 Å². The Kier molecular flexibility index (Phi) is 7.90. The summed E-state index contributed by atoms with van der Waals surface area (Å²) in [4.78, 5) is 49.9. The van der Waals surface area contributed by atoms with Crippen LogP contribution in [0.15, 0.2) is 46.4 Å². The second kappa shape index (κ2) is 10.8. The average molecular weight is 532 g/mol. The first kappa shape index (κ1) is 24.8. The number of barbiturate groups is 1. The number of nitrogens with one attached hydrogen (secondary N) is 1. The second-order valence-corrected chi connectivity index (χ2v) is 7.94. The standard InChI is InChI=1S/C23H22BrN3O7/c1-3-8-33-18-7-5-14(11-19(18)32-2)27-22(30)15(21(29)26-23(27)31)9-13-4-6-17(16(24)10-13)34-12-20(25)28/h4-7,9-11H,3,8,12H2,1-2H3,(H2,25,28)(H,26,29,31)/b15-9+. The summed E-state index contributed by atoms with van der Waals surface area (Å²) in [5.74, 6) is -1.10. The first-order chi connectivity index (χ1) is 16.2. The van der Waals surface area contributed by atoms with Crippen molar-refractivity contribution in [3.05, 3.63) is 52.0 Å². The Morgan fingerprint density at radius 2 is 1.82 bits per heavy atom. The number of ether oxygens (including phenoxy) is 3. The minimum atomic E-state index is -0.882. The van der Waals surface area contributed by atoms with Crippen LogP contribution in [0.4, 0.5) is 10.5 Å². The highest BCUT2D eigenvalue weighted by atomic mass is 79.9. The van der Waals surface area contributed by atoms with Crippen LogP contribution >= 0.6 is 15.9 Å². The van der Waals surface area contributed by atoms with Crippen molar-refractivity contribution in [2.45, 2.75) is 13.3 Å². The Hall–Kier alpha value is -3.86. The van der Waals surface area contributed by atoms with E-state index in [2.05, 4.69) is 21.2 Å². The summed E-state index contributed by atoms with van der Waals surface area (Å²) < 4.78 is 16.7. The monoisotopic (exact) mass is 531 g/mol. The zero-order valence-corrected chi connectivity index (χ0v) is 20.0. The highest BCUT2D eigenvalue weighted by Crippen LogP contribution is 2.34. The number of halogens is 1. The lowest BCUT2D eigenvalue weighted by Crippen LogP contribution is -2.54. The third-order valence-corrected chi connectivity index (χ3v) is 5.23. The van der Waals surface area contributed by atoms with Gasteiger partial charge in [-0.15, -0.1) is 0 Å². The molecule has 10 nitrogen and oxygen atoms in total. The fourth-order valence-corrected chi connectivity index (χ4v) is 3.57. The van der Waals surface area contributed by atoms with Gasteiger partial charge in [-0.05, 0) is 58.3 Å². The number of nitrogens with zero attached hydrogens (tertiary/aromatic N) is 1. The maximum absolute atomic E-state index is 13.2. The molecular formula is C23H22BrN3O7. The van der Waals surface area contributed by atoms with Gasteiger partial charge in [0.1, 0.15) is 11.3 Å². The number of primary amides is 1. The van der Waals surface area contributed by atoms with Gasteiger partial charge < -0.3 is 19.9 Å². The van der Waals surface area contributed by atoms with Gasteiger partial charge in [-0.25, -0.2) is 9.69 Å². The van der Waals surface area contributed by atoms with Crippen molar-refractivity contribution in [2.75, 3.05) is 25.2 Å². The van der Waals surface area contributed by atoms with E-state index in [1.165, 1.54) is 25.3 Å². The SMILES string of the molecule is CCCOc1ccc(N2C(=O)NC(=O)/C(=C\c3ccc(OCC(N)=O)c(Br)c3)C2=O)cc1OC. The highest BCUT2D eigenvalue weighted by molar-refractivity contribution is 9.10. The van der Waals surface area contributed by atoms with Gasteiger partial charge >= 0.3 is 6.03 Å². The van der Waals surface area contributed by atoms with Crippen molar-refractivity contribution in [1.82, 2.24) is 5.32 Å². The summed E-state index contributed by atoms with van der Waals surface area (Å²) >= 11 is 3.31. The number of carbonyl (C=O) groups excluding carboxylic acids is 4. The molecule has 1 saturated heterocycles. The smallest absolute Gasteiger partial charge is 0.335 e. The van der Waals surface area contributed by atoms with Crippen LogP contribution in [0.2, 0.25) is 0 Å². The molecule has 2 aromatic rings. The molecule has 11 heteroatoms. The van der Waals surface area contributed by atoms with Gasteiger partial charge in [-0.1, -0.05) is 13.0 Å². The molecule has 34 heavy (non-hydrogen) atoms. The third-order valence-electron chi connectivity index (χ3n) is 4.61. The average Bonchev–Trinajstić information content (AvgIpc) is 2.79. The van der Waals surface area contributed by atoms with Crippen molar-refractivity contribution < 1.29 is 33.4 Å². The van der Waals surface area contributed by atoms with Gasteiger partial charge in [0, 0.05) is 6.07 Å². The van der Waals surface area contributed by atoms with E-state index in [0.717, 1.165) is 11.3 Å². The van der Waals surface area contributed by atoms with Gasteiger partial charge in [-0.3, -0.25) is 19.7 Å². The predicted octanol–water partition coefficient (Wildman–Crippen LogP) is 2.78. The van der Waals surface area contributed by atoms with Crippen molar-refractivity contribution in [3.8, 4) is 17.2 Å². The minimum Gasteiger partial charge on any atom is -0.493 e. The summed E-state index contributed by atoms with van der Waals surface area (Å²) in [6.45, 7) is 2.13. The molecule has 0 atom stereocenters. The second-order valence-electron chi connectivity index (χ2n) is 7.09. The van der Waals surface area contributed by atoms with E-state index in [1.54, 1.807) is 24.3 Å². The molecule has 0 radical (unpaired) electrons. The number of amides is 5. The molecule has 0 saturated carbocycles. The largest absolute Gasteiger partial charge is 0.493 e. The number of benzene rings is 2. The predicted molar refractivity (Wildman–Crippen MR) is 127 cm³/mol. The number of imide groups is 2. The van der Waals surface area contributed by atoms with Gasteiger partial charge in [-0.2, -0.15) is 0 Å². The topological polar surface area (TPSA) is 137 Å². The Morgan fingerprint density at radius 1 is 1.09 bits per heavy atom. The normalized spacial score (nSPS) is 14.7. The number of hydrogen-bond acceptors (Lipinski definition) is 7. The summed E-state index contributed by atoms with van der Waals surface area (Å²) in [5, 5.41) is 2.17. The summed E-state index contributed by atoms with van der Waals surface area (Å²) in [7, 11) is 1.44. The molecule has 0 aliphatic carbocycles. The maximum atomic E-state index is 13.2. The Morgan fingerprint density at radius 3 is 2.47 bits per heavy atom. The lowest BCUT2D eigenvalue weighted by atomic mass is 10.1. The van der Waals surface area contributed by atoms with Crippen LogP contribution in [-0.4, -0.2) is 44.1 Å². The Bertz CT molecular complexity index is 1180. The van der Waals surface area contributed by atoms with Crippen LogP contribution < -0.4 is 30.2 Å². The summed E-state index contributed by atoms with van der Waals surface area (Å²) in [5.41, 5.74) is 5.51. The Labute approximate surface area is 203 Å². The molecule has 0 spiro atoms. The molecule has 178 valence electrons. The third kappa shape index (κ3) is 5.54. The maximum Gasteiger partial charge on any atom is 0.335 e. The lowest BCUT2D eigenvalue weighted by Gasteiger charge is -2.27. The Balaban J connectivity index is 1.91. The van der Waals surface area contributed by atoms with E-state index in [9.17, 15) is 19.2 Å². The van der Waals surface area contributed by atoms with E-state index in [4.69, 9.17) is 19.9 Å². The molecule has 3 N–H and O–H groups in total. The molecule has 1 aliphatic rings. The summed E-state index contributed by atoms with van der Waals surface area (Å²) in [6, 6.07) is 8.44. The molecule has 0 unspecified atom stereocenters. The van der Waals surface area contributed by atoms with Gasteiger partial charge in [0.05, 0.1) is 23.9 Å². The number of anilines is 1. The molecule has 1 fully saturated rings. The fourth-order valence-electron chi connectivity index (χ4n) is 3.06. The van der Waals surface area contributed by atoms with Crippen LogP contribution in [0.1, 0.15) is 18.9 Å². The zero-order valence-electron chi connectivity index (χ0n) is 18.4. The lowest BCUT2D eigenvalue weighted by molar-refractivity contribution is -0.123. The molecule has 2 aromatic carbocycles. The summed E-state index contributed by atoms with van der Waals surface area (Å²) in [6.07, 6.45) is 2.14. The van der Waals surface area contributed by atoms with Crippen molar-refractivity contribution in [2.24, 2.45) is 5.73 Å². The van der Waals surface area contributed by atoms with Crippen molar-refractivity contribution in [1.29, 1.82) is 0 Å². The highest BCUT2D eigenvalue weighted by Gasteiger charge is 2.37. The number of methoxy groups -OCH3 is 1. The molecule has 3 rings (SSSR count). The first-order valence-electron chi connectivity index (χ1n) is 10.2. The fraction of sp³-hybridized carbons (Fsp3) is 0.217. The molecule has 5 amide bonds. The van der Waals surface area contributed by atoms with Crippen LogP contribution in [-0.2, 0) is 14.4 Å². The molecule has 0 aromatic heterocycles. The van der Waals surface area contributed by atoms with E-state index >= 15 is 0 Å². The quantitative estimate of drug-likeness (QED) is 0.374. The van der Waals surface area contributed by atoms with Crippen LogP contribution in [0.5, 0.6) is 17.2 Å². The number of urea groups is 1.